The Morgan fingerprint density at radius 1 is 1.40 bits per heavy atom. The average Bonchev–Trinajstić information content (AvgIpc) is 2.58. The first-order valence-electron chi connectivity index (χ1n) is 5.12. The van der Waals surface area contributed by atoms with Gasteiger partial charge in [-0.25, -0.2) is 0 Å². The van der Waals surface area contributed by atoms with Crippen molar-refractivity contribution in [3.63, 3.8) is 0 Å². The highest BCUT2D eigenvalue weighted by molar-refractivity contribution is 6.00. The lowest BCUT2D eigenvalue weighted by Crippen LogP contribution is -2.44. The fourth-order valence-corrected chi connectivity index (χ4v) is 1.88. The van der Waals surface area contributed by atoms with Crippen LogP contribution in [0.4, 0.5) is 5.69 Å². The third-order valence-electron chi connectivity index (χ3n) is 2.66. The molecule has 0 atom stereocenters. The largest absolute Gasteiger partial charge is 0.381 e. The molecule has 2 rings (SSSR count). The van der Waals surface area contributed by atoms with Gasteiger partial charge >= 0.3 is 0 Å². The van der Waals surface area contributed by atoms with Gasteiger partial charge in [0.25, 0.3) is 5.91 Å². The van der Waals surface area contributed by atoms with Gasteiger partial charge in [-0.1, -0.05) is 18.2 Å². The fraction of sp³-hybridized carbons (Fsp3) is 0.417. The van der Waals surface area contributed by atoms with Gasteiger partial charge in [-0.05, 0) is 31.9 Å². The van der Waals surface area contributed by atoms with Crippen LogP contribution < -0.4 is 4.90 Å². The van der Waals surface area contributed by atoms with Gasteiger partial charge in [-0.3, -0.25) is 4.79 Å². The van der Waals surface area contributed by atoms with E-state index in [1.165, 1.54) is 19.4 Å². The molecular weight excluding hydrogens is 190 g/mol. The SMILES string of the molecule is CC(C)(O)C(=O)N1CCc2ccccc21. The van der Waals surface area contributed by atoms with Crippen molar-refractivity contribution in [2.75, 3.05) is 11.4 Å². The van der Waals surface area contributed by atoms with Crippen LogP contribution in [0.5, 0.6) is 0 Å². The first kappa shape index (κ1) is 10.2. The summed E-state index contributed by atoms with van der Waals surface area (Å²) < 4.78 is 0. The Morgan fingerprint density at radius 2 is 2.07 bits per heavy atom. The summed E-state index contributed by atoms with van der Waals surface area (Å²) in [6.45, 7) is 3.72. The van der Waals surface area contributed by atoms with E-state index in [2.05, 4.69) is 0 Å². The Morgan fingerprint density at radius 3 is 2.73 bits per heavy atom. The van der Waals surface area contributed by atoms with Crippen LogP contribution in [0, 0.1) is 0 Å². The van der Waals surface area contributed by atoms with Crippen molar-refractivity contribution in [3.05, 3.63) is 29.8 Å². The molecule has 1 aliphatic heterocycles. The molecule has 0 spiro atoms. The van der Waals surface area contributed by atoms with Gasteiger partial charge in [-0.15, -0.1) is 0 Å². The van der Waals surface area contributed by atoms with E-state index in [1.807, 2.05) is 24.3 Å². The molecule has 0 saturated carbocycles. The van der Waals surface area contributed by atoms with Crippen LogP contribution >= 0.6 is 0 Å². The lowest BCUT2D eigenvalue weighted by Gasteiger charge is -2.25. The molecule has 1 aliphatic rings. The molecule has 3 nitrogen and oxygen atoms in total. The lowest BCUT2D eigenvalue weighted by molar-refractivity contribution is -0.133. The number of rotatable bonds is 1. The minimum Gasteiger partial charge on any atom is -0.381 e. The maximum Gasteiger partial charge on any atom is 0.258 e. The van der Waals surface area contributed by atoms with Crippen LogP contribution in [0.25, 0.3) is 0 Å². The van der Waals surface area contributed by atoms with Crippen molar-refractivity contribution >= 4 is 11.6 Å². The number of carbonyl (C=O) groups excluding carboxylic acids is 1. The van der Waals surface area contributed by atoms with Crippen LogP contribution in [0.1, 0.15) is 19.4 Å². The van der Waals surface area contributed by atoms with E-state index in [0.29, 0.717) is 6.54 Å². The predicted molar refractivity (Wildman–Crippen MR) is 58.8 cm³/mol. The van der Waals surface area contributed by atoms with Gasteiger partial charge in [0.05, 0.1) is 0 Å². The Labute approximate surface area is 89.3 Å². The standard InChI is InChI=1S/C12H15NO2/c1-12(2,15)11(14)13-8-7-9-5-3-4-6-10(9)13/h3-6,15H,7-8H2,1-2H3. The highest BCUT2D eigenvalue weighted by Crippen LogP contribution is 2.29. The summed E-state index contributed by atoms with van der Waals surface area (Å²) in [5.74, 6) is -0.229. The Balaban J connectivity index is 2.32. The third-order valence-corrected chi connectivity index (χ3v) is 2.66. The molecule has 15 heavy (non-hydrogen) atoms. The van der Waals surface area contributed by atoms with Crippen molar-refractivity contribution in [1.29, 1.82) is 0 Å². The van der Waals surface area contributed by atoms with Gasteiger partial charge in [0.1, 0.15) is 5.60 Å². The molecule has 0 aliphatic carbocycles. The number of anilines is 1. The summed E-state index contributed by atoms with van der Waals surface area (Å²) in [7, 11) is 0. The number of para-hydroxylation sites is 1. The van der Waals surface area contributed by atoms with Gasteiger partial charge in [0.15, 0.2) is 0 Å². The molecule has 1 aromatic rings. The third kappa shape index (κ3) is 1.75. The summed E-state index contributed by atoms with van der Waals surface area (Å²) in [5.41, 5.74) is 0.817. The van der Waals surface area contributed by atoms with Crippen LogP contribution in [-0.4, -0.2) is 23.2 Å². The number of amides is 1. The molecule has 1 amide bonds. The lowest BCUT2D eigenvalue weighted by atomic mass is 10.1. The van der Waals surface area contributed by atoms with Gasteiger partial charge in [-0.2, -0.15) is 0 Å². The van der Waals surface area contributed by atoms with Crippen LogP contribution in [0.3, 0.4) is 0 Å². The molecule has 0 bridgehead atoms. The molecule has 3 heteroatoms. The predicted octanol–water partition coefficient (Wildman–Crippen LogP) is 1.35. The second-order valence-electron chi connectivity index (χ2n) is 4.39. The van der Waals surface area contributed by atoms with Gasteiger partial charge in [0, 0.05) is 12.2 Å². The fourth-order valence-electron chi connectivity index (χ4n) is 1.88. The van der Waals surface area contributed by atoms with Crippen LogP contribution in [0.15, 0.2) is 24.3 Å². The summed E-state index contributed by atoms with van der Waals surface area (Å²) >= 11 is 0. The zero-order chi connectivity index (χ0) is 11.1. The summed E-state index contributed by atoms with van der Waals surface area (Å²) in [6.07, 6.45) is 0.873. The number of aliphatic hydroxyl groups is 1. The highest BCUT2D eigenvalue weighted by atomic mass is 16.3. The first-order valence-corrected chi connectivity index (χ1v) is 5.12. The molecule has 1 N–H and O–H groups in total. The molecular formula is C12H15NO2. The monoisotopic (exact) mass is 205 g/mol. The summed E-state index contributed by atoms with van der Waals surface area (Å²) in [4.78, 5) is 13.6. The van der Waals surface area contributed by atoms with Crippen molar-refractivity contribution in [2.24, 2.45) is 0 Å². The summed E-state index contributed by atoms with van der Waals surface area (Å²) in [5, 5.41) is 9.68. The Kier molecular flexibility index (Phi) is 2.27. The van der Waals surface area contributed by atoms with E-state index in [9.17, 15) is 9.90 Å². The van der Waals surface area contributed by atoms with Crippen LogP contribution in [-0.2, 0) is 11.2 Å². The summed E-state index contributed by atoms with van der Waals surface area (Å²) in [6, 6.07) is 7.82. The van der Waals surface area contributed by atoms with Gasteiger partial charge in [0.2, 0.25) is 0 Å². The maximum atomic E-state index is 11.9. The van der Waals surface area contributed by atoms with E-state index >= 15 is 0 Å². The first-order chi connectivity index (χ1) is 7.00. The minimum atomic E-state index is -1.29. The molecule has 1 heterocycles. The van der Waals surface area contributed by atoms with Gasteiger partial charge < -0.3 is 10.0 Å². The zero-order valence-electron chi connectivity index (χ0n) is 9.03. The van der Waals surface area contributed by atoms with E-state index in [4.69, 9.17) is 0 Å². The molecule has 0 radical (unpaired) electrons. The van der Waals surface area contributed by atoms with E-state index in [1.54, 1.807) is 4.90 Å². The molecule has 0 fully saturated rings. The smallest absolute Gasteiger partial charge is 0.258 e. The second-order valence-corrected chi connectivity index (χ2v) is 4.39. The van der Waals surface area contributed by atoms with E-state index < -0.39 is 5.60 Å². The highest BCUT2D eigenvalue weighted by Gasteiger charge is 2.33. The number of carbonyl (C=O) groups is 1. The van der Waals surface area contributed by atoms with Crippen molar-refractivity contribution < 1.29 is 9.90 Å². The topological polar surface area (TPSA) is 40.5 Å². The second kappa shape index (κ2) is 3.35. The zero-order valence-corrected chi connectivity index (χ0v) is 9.03. The Bertz CT molecular complexity index is 393. The normalized spacial score (nSPS) is 15.3. The molecule has 1 aromatic carbocycles. The molecule has 80 valence electrons. The number of hydrogen-bond acceptors (Lipinski definition) is 2. The number of fused-ring (bicyclic) bond motifs is 1. The van der Waals surface area contributed by atoms with E-state index in [0.717, 1.165) is 12.1 Å². The minimum absolute atomic E-state index is 0.229. The van der Waals surface area contributed by atoms with Crippen LogP contribution in [0.2, 0.25) is 0 Å². The number of benzene rings is 1. The quantitative estimate of drug-likeness (QED) is 0.751. The average molecular weight is 205 g/mol. The molecule has 0 saturated heterocycles. The Hall–Kier alpha value is -1.35. The molecule has 0 aromatic heterocycles. The number of hydrogen-bond donors (Lipinski definition) is 1. The van der Waals surface area contributed by atoms with E-state index in [-0.39, 0.29) is 5.91 Å². The van der Waals surface area contributed by atoms with Crippen molar-refractivity contribution in [3.8, 4) is 0 Å². The molecule has 0 unspecified atom stereocenters. The van der Waals surface area contributed by atoms with Crippen molar-refractivity contribution in [2.45, 2.75) is 25.9 Å². The number of nitrogens with zero attached hydrogens (tertiary/aromatic N) is 1. The maximum absolute atomic E-state index is 11.9. The van der Waals surface area contributed by atoms with Crippen molar-refractivity contribution in [1.82, 2.24) is 0 Å².